The molecule has 0 aliphatic carbocycles. The van der Waals surface area contributed by atoms with Crippen molar-refractivity contribution in [2.24, 2.45) is 5.92 Å². The highest BCUT2D eigenvalue weighted by Crippen LogP contribution is 2.48. The van der Waals surface area contributed by atoms with Crippen LogP contribution in [0.5, 0.6) is 0 Å². The number of carboxylic acids is 2. The maximum Gasteiger partial charge on any atom is 0.334 e. The van der Waals surface area contributed by atoms with E-state index >= 15 is 0 Å². The molecule has 40 heavy (non-hydrogen) atoms. The van der Waals surface area contributed by atoms with Crippen LogP contribution in [-0.2, 0) is 27.2 Å². The number of ether oxygens (including phenoxy) is 1. The summed E-state index contributed by atoms with van der Waals surface area (Å²) in [7, 11) is 1.44. The molecule has 0 aliphatic rings. The van der Waals surface area contributed by atoms with E-state index in [-0.39, 0.29) is 5.25 Å². The Morgan fingerprint density at radius 2 is 1.48 bits per heavy atom. The average molecular weight is 583 g/mol. The minimum atomic E-state index is -1.04. The number of rotatable bonds is 19. The van der Waals surface area contributed by atoms with Crippen LogP contribution in [0.2, 0.25) is 0 Å². The maximum absolute atomic E-state index is 12.3. The Morgan fingerprint density at radius 3 is 2.10 bits per heavy atom. The van der Waals surface area contributed by atoms with Gasteiger partial charge in [0, 0.05) is 17.2 Å². The Bertz CT molecular complexity index is 1150. The summed E-state index contributed by atoms with van der Waals surface area (Å²) in [5.41, 5.74) is 3.51. The lowest BCUT2D eigenvalue weighted by atomic mass is 9.96. The van der Waals surface area contributed by atoms with E-state index in [4.69, 9.17) is 4.74 Å². The van der Waals surface area contributed by atoms with Gasteiger partial charge in [-0.05, 0) is 60.2 Å². The molecule has 1 heterocycles. The zero-order chi connectivity index (χ0) is 28.7. The summed E-state index contributed by atoms with van der Waals surface area (Å²) in [5.74, 6) is -2.41. The molecular weight excluding hydrogens is 540 g/mol. The van der Waals surface area contributed by atoms with Crippen molar-refractivity contribution in [2.45, 2.75) is 81.3 Å². The van der Waals surface area contributed by atoms with E-state index in [2.05, 4.69) is 36.4 Å². The third-order valence-corrected chi connectivity index (χ3v) is 10.0. The summed E-state index contributed by atoms with van der Waals surface area (Å²) in [4.78, 5) is 25.0. The number of hydrogen-bond donors (Lipinski definition) is 2. The third kappa shape index (κ3) is 10.1. The molecule has 0 amide bonds. The number of hydrogen-bond acceptors (Lipinski definition) is 5. The summed E-state index contributed by atoms with van der Waals surface area (Å²) in [6, 6.07) is 22.7. The van der Waals surface area contributed by atoms with Crippen LogP contribution in [0.25, 0.3) is 0 Å². The van der Waals surface area contributed by atoms with Crippen LogP contribution in [0, 0.1) is 5.92 Å². The molecule has 3 aromatic rings. The van der Waals surface area contributed by atoms with Crippen LogP contribution in [-0.4, -0.2) is 35.4 Å². The van der Waals surface area contributed by atoms with Crippen LogP contribution >= 0.6 is 23.1 Å². The van der Waals surface area contributed by atoms with Crippen LogP contribution < -0.4 is 0 Å². The topological polar surface area (TPSA) is 83.8 Å². The number of methoxy groups -OCH3 is 1. The molecule has 0 saturated carbocycles. The van der Waals surface area contributed by atoms with Gasteiger partial charge in [0.05, 0.1) is 11.2 Å². The van der Waals surface area contributed by atoms with E-state index in [1.165, 1.54) is 50.1 Å². The third-order valence-electron chi connectivity index (χ3n) is 7.30. The van der Waals surface area contributed by atoms with Crippen molar-refractivity contribution in [3.8, 4) is 0 Å². The average Bonchev–Trinajstić information content (AvgIpc) is 3.49. The first-order chi connectivity index (χ1) is 19.4. The van der Waals surface area contributed by atoms with Gasteiger partial charge in [0.2, 0.25) is 0 Å². The fourth-order valence-corrected chi connectivity index (χ4v) is 7.78. The van der Waals surface area contributed by atoms with Gasteiger partial charge in [-0.15, -0.1) is 23.1 Å². The van der Waals surface area contributed by atoms with Gasteiger partial charge in [-0.3, -0.25) is 4.79 Å². The normalized spacial score (nSPS) is 14.3. The molecular formula is C33H42O5S2. The van der Waals surface area contributed by atoms with Crippen molar-refractivity contribution < 1.29 is 24.5 Å². The number of aryl methyl sites for hydroxylation is 2. The molecule has 0 aliphatic heterocycles. The van der Waals surface area contributed by atoms with E-state index < -0.39 is 29.2 Å². The molecule has 0 spiro atoms. The monoisotopic (exact) mass is 582 g/mol. The molecule has 2 aromatic carbocycles. The van der Waals surface area contributed by atoms with Crippen LogP contribution in [0.15, 0.2) is 72.1 Å². The molecule has 1 aromatic heterocycles. The largest absolute Gasteiger partial charge is 0.481 e. The van der Waals surface area contributed by atoms with Gasteiger partial charge in [0.15, 0.2) is 6.10 Å². The first-order valence-corrected chi connectivity index (χ1v) is 16.0. The number of benzene rings is 2. The van der Waals surface area contributed by atoms with E-state index in [1.807, 2.05) is 35.7 Å². The number of carbonyl (C=O) groups is 2. The van der Waals surface area contributed by atoms with Gasteiger partial charge in [0.25, 0.3) is 0 Å². The van der Waals surface area contributed by atoms with Crippen molar-refractivity contribution in [3.63, 3.8) is 0 Å². The molecule has 7 heteroatoms. The van der Waals surface area contributed by atoms with E-state index in [1.54, 1.807) is 18.3 Å². The van der Waals surface area contributed by atoms with Gasteiger partial charge < -0.3 is 14.9 Å². The SMILES string of the molecule is COC(C(=O)O)C(SC(CC(C)C(=O)O)c1cccs1)c1ccccc1CCCCCCCCc1ccccc1. The van der Waals surface area contributed by atoms with Crippen molar-refractivity contribution in [1.82, 2.24) is 0 Å². The van der Waals surface area contributed by atoms with Crippen LogP contribution in [0.4, 0.5) is 0 Å². The Hall–Kier alpha value is -2.61. The summed E-state index contributed by atoms with van der Waals surface area (Å²) in [6.07, 6.45) is 8.43. The van der Waals surface area contributed by atoms with Crippen LogP contribution in [0.1, 0.15) is 83.9 Å². The lowest BCUT2D eigenvalue weighted by Crippen LogP contribution is -2.29. The van der Waals surface area contributed by atoms with E-state index in [9.17, 15) is 19.8 Å². The second-order valence-corrected chi connectivity index (χ2v) is 12.7. The summed E-state index contributed by atoms with van der Waals surface area (Å²) in [5, 5.41) is 21.0. The Balaban J connectivity index is 1.65. The second-order valence-electron chi connectivity index (χ2n) is 10.3. The summed E-state index contributed by atoms with van der Waals surface area (Å²) < 4.78 is 5.53. The molecule has 0 fully saturated rings. The highest BCUT2D eigenvalue weighted by Gasteiger charge is 2.35. The Labute approximate surface area is 247 Å². The first-order valence-electron chi connectivity index (χ1n) is 14.2. The minimum absolute atomic E-state index is 0.156. The van der Waals surface area contributed by atoms with Gasteiger partial charge in [-0.1, -0.05) is 93.3 Å². The highest BCUT2D eigenvalue weighted by molar-refractivity contribution is 8.00. The first kappa shape index (κ1) is 31.9. The van der Waals surface area contributed by atoms with Gasteiger partial charge in [-0.2, -0.15) is 0 Å². The minimum Gasteiger partial charge on any atom is -0.481 e. The highest BCUT2D eigenvalue weighted by atomic mass is 32.2. The second kappa shape index (κ2) is 17.3. The van der Waals surface area contributed by atoms with Gasteiger partial charge >= 0.3 is 11.9 Å². The molecule has 5 nitrogen and oxygen atoms in total. The zero-order valence-electron chi connectivity index (χ0n) is 23.5. The predicted octanol–water partition coefficient (Wildman–Crippen LogP) is 8.60. The van der Waals surface area contributed by atoms with Crippen molar-refractivity contribution >= 4 is 35.0 Å². The van der Waals surface area contributed by atoms with Crippen molar-refractivity contribution in [1.29, 1.82) is 0 Å². The van der Waals surface area contributed by atoms with Crippen molar-refractivity contribution in [3.05, 3.63) is 93.7 Å². The molecule has 3 rings (SSSR count). The number of carboxylic acid groups (broad SMARTS) is 2. The number of unbranched alkanes of at least 4 members (excludes halogenated alkanes) is 5. The molecule has 2 N–H and O–H groups in total. The van der Waals surface area contributed by atoms with E-state index in [0.717, 1.165) is 41.7 Å². The molecule has 216 valence electrons. The zero-order valence-corrected chi connectivity index (χ0v) is 25.2. The Morgan fingerprint density at radius 1 is 0.825 bits per heavy atom. The fourth-order valence-electron chi connectivity index (χ4n) is 5.01. The smallest absolute Gasteiger partial charge is 0.334 e. The predicted molar refractivity (Wildman–Crippen MR) is 165 cm³/mol. The number of aliphatic carboxylic acids is 2. The molecule has 0 radical (unpaired) electrons. The summed E-state index contributed by atoms with van der Waals surface area (Å²) in [6.45, 7) is 1.71. The van der Waals surface area contributed by atoms with Crippen molar-refractivity contribution in [2.75, 3.05) is 7.11 Å². The van der Waals surface area contributed by atoms with Gasteiger partial charge in [-0.25, -0.2) is 4.79 Å². The molecule has 0 saturated heterocycles. The lowest BCUT2D eigenvalue weighted by Gasteiger charge is -2.29. The summed E-state index contributed by atoms with van der Waals surface area (Å²) >= 11 is 3.09. The molecule has 4 unspecified atom stereocenters. The quantitative estimate of drug-likeness (QED) is 0.138. The Kier molecular flexibility index (Phi) is 13.8. The molecule has 0 bridgehead atoms. The number of thioether (sulfide) groups is 1. The fraction of sp³-hybridized carbons (Fsp3) is 0.455. The van der Waals surface area contributed by atoms with Gasteiger partial charge in [0.1, 0.15) is 0 Å². The standard InChI is InChI=1S/C33H42O5S2/c1-24(32(34)35)23-29(28-21-14-22-39-28)40-31(30(38-2)33(36)37)27-20-13-12-19-26(27)18-11-6-4-3-5-8-15-25-16-9-7-10-17-25/h7,9-10,12-14,16-17,19-22,24,29-31H,3-6,8,11,15,18,23H2,1-2H3,(H,34,35)(H,36,37). The van der Waals surface area contributed by atoms with Crippen LogP contribution in [0.3, 0.4) is 0 Å². The molecule has 4 atom stereocenters. The lowest BCUT2D eigenvalue weighted by molar-refractivity contribution is -0.148. The number of thiophene rings is 1. The maximum atomic E-state index is 12.3. The van der Waals surface area contributed by atoms with E-state index in [0.29, 0.717) is 6.42 Å².